The zero-order valence-electron chi connectivity index (χ0n) is 10.3. The fraction of sp³-hybridized carbons (Fsp3) is 0.357. The van der Waals surface area contributed by atoms with Gasteiger partial charge in [0.15, 0.2) is 6.39 Å². The first-order valence-corrected chi connectivity index (χ1v) is 6.50. The number of fused-ring (bicyclic) bond motifs is 1. The second-order valence-corrected chi connectivity index (χ2v) is 4.92. The van der Waals surface area contributed by atoms with E-state index in [1.807, 2.05) is 0 Å². The first kappa shape index (κ1) is 11.5. The Bertz CT molecular complexity index is 525. The molecule has 0 unspecified atom stereocenters. The van der Waals surface area contributed by atoms with Gasteiger partial charge in [-0.3, -0.25) is 0 Å². The van der Waals surface area contributed by atoms with Crippen molar-refractivity contribution in [1.29, 1.82) is 0 Å². The molecule has 3 nitrogen and oxygen atoms in total. The molecule has 0 saturated carbocycles. The Morgan fingerprint density at radius 3 is 3.11 bits per heavy atom. The summed E-state index contributed by atoms with van der Waals surface area (Å²) in [6, 6.07) is 6.48. The fourth-order valence-electron chi connectivity index (χ4n) is 2.61. The minimum atomic E-state index is -0.277. The van der Waals surface area contributed by atoms with Crippen molar-refractivity contribution in [2.24, 2.45) is 0 Å². The third-order valence-corrected chi connectivity index (χ3v) is 3.65. The minimum Gasteiger partial charge on any atom is -0.451 e. The third-order valence-electron chi connectivity index (χ3n) is 3.65. The number of aromatic nitrogens is 1. The van der Waals surface area contributed by atoms with Crippen LogP contribution in [-0.2, 0) is 19.3 Å². The highest BCUT2D eigenvalue weighted by molar-refractivity contribution is 6.67. The maximum absolute atomic E-state index is 10.0. The Hall–Kier alpha value is -1.55. The lowest BCUT2D eigenvalue weighted by Gasteiger charge is -2.19. The van der Waals surface area contributed by atoms with Crippen LogP contribution in [0.5, 0.6) is 0 Å². The van der Waals surface area contributed by atoms with Crippen molar-refractivity contribution in [2.75, 3.05) is 0 Å². The van der Waals surface area contributed by atoms with Crippen molar-refractivity contribution < 1.29 is 9.44 Å². The van der Waals surface area contributed by atoms with Gasteiger partial charge in [-0.05, 0) is 36.6 Å². The molecule has 1 aromatic carbocycles. The second-order valence-electron chi connectivity index (χ2n) is 4.92. The van der Waals surface area contributed by atoms with Crippen LogP contribution >= 0.6 is 0 Å². The molecule has 0 radical (unpaired) electrons. The number of nitrogens with zero attached hydrogens (tertiary/aromatic N) is 1. The number of rotatable bonds is 3. The van der Waals surface area contributed by atoms with Crippen molar-refractivity contribution in [2.45, 2.75) is 32.0 Å². The molecule has 1 aliphatic heterocycles. The maximum Gasteiger partial charge on any atom is 0.323 e. The van der Waals surface area contributed by atoms with Gasteiger partial charge in [0.25, 0.3) is 0 Å². The van der Waals surface area contributed by atoms with E-state index in [9.17, 15) is 5.02 Å². The van der Waals surface area contributed by atoms with Gasteiger partial charge in [0.2, 0.25) is 0 Å². The van der Waals surface area contributed by atoms with Crippen molar-refractivity contribution in [3.8, 4) is 0 Å². The van der Waals surface area contributed by atoms with Crippen LogP contribution in [0.4, 0.5) is 0 Å². The van der Waals surface area contributed by atoms with Crippen LogP contribution in [0.1, 0.15) is 23.2 Å². The monoisotopic (exact) mass is 241 g/mol. The molecule has 1 N–H and O–H groups in total. The molecule has 92 valence electrons. The van der Waals surface area contributed by atoms with Gasteiger partial charge in [0.05, 0.1) is 5.69 Å². The molecule has 18 heavy (non-hydrogen) atoms. The SMILES string of the molecule is OB1CCCc2ccc(CCc3cocn3)cc21. The smallest absolute Gasteiger partial charge is 0.323 e. The Balaban J connectivity index is 1.75. The summed E-state index contributed by atoms with van der Waals surface area (Å²) in [5.74, 6) is 0. The van der Waals surface area contributed by atoms with Crippen LogP contribution in [0.3, 0.4) is 0 Å². The van der Waals surface area contributed by atoms with E-state index in [4.69, 9.17) is 4.42 Å². The number of benzene rings is 1. The van der Waals surface area contributed by atoms with E-state index < -0.39 is 0 Å². The van der Waals surface area contributed by atoms with Gasteiger partial charge in [-0.25, -0.2) is 4.98 Å². The quantitative estimate of drug-likeness (QED) is 0.830. The molecule has 0 saturated heterocycles. The summed E-state index contributed by atoms with van der Waals surface area (Å²) in [6.45, 7) is -0.277. The zero-order chi connectivity index (χ0) is 12.4. The number of oxazole rings is 1. The third kappa shape index (κ3) is 2.34. The lowest BCUT2D eigenvalue weighted by atomic mass is 9.53. The molecule has 1 aliphatic rings. The first-order valence-electron chi connectivity index (χ1n) is 6.50. The first-order chi connectivity index (χ1) is 8.83. The van der Waals surface area contributed by atoms with E-state index >= 15 is 0 Å². The highest BCUT2D eigenvalue weighted by atomic mass is 16.3. The molecule has 0 spiro atoms. The highest BCUT2D eigenvalue weighted by Gasteiger charge is 2.22. The molecule has 0 fully saturated rings. The zero-order valence-corrected chi connectivity index (χ0v) is 10.3. The fourth-order valence-corrected chi connectivity index (χ4v) is 2.61. The van der Waals surface area contributed by atoms with Crippen molar-refractivity contribution in [3.63, 3.8) is 0 Å². The van der Waals surface area contributed by atoms with E-state index in [1.165, 1.54) is 17.5 Å². The standard InChI is InChI=1S/C14H16BNO2/c17-15-7-1-2-12-5-3-11(8-14(12)15)4-6-13-9-18-10-16-13/h3,5,8-10,17H,1-2,4,6-7H2. The second kappa shape index (κ2) is 4.98. The van der Waals surface area contributed by atoms with Gasteiger partial charge in [0, 0.05) is 0 Å². The predicted molar refractivity (Wildman–Crippen MR) is 71.1 cm³/mol. The maximum atomic E-state index is 10.0. The summed E-state index contributed by atoms with van der Waals surface area (Å²) in [4.78, 5) is 4.12. The number of aryl methyl sites for hydroxylation is 3. The van der Waals surface area contributed by atoms with Gasteiger partial charge in [-0.2, -0.15) is 0 Å². The largest absolute Gasteiger partial charge is 0.451 e. The van der Waals surface area contributed by atoms with Gasteiger partial charge in [-0.1, -0.05) is 30.2 Å². The molecular formula is C14H16BNO2. The highest BCUT2D eigenvalue weighted by Crippen LogP contribution is 2.15. The summed E-state index contributed by atoms with van der Waals surface area (Å²) < 4.78 is 4.96. The summed E-state index contributed by atoms with van der Waals surface area (Å²) in [6.07, 6.45) is 8.04. The van der Waals surface area contributed by atoms with Crippen molar-refractivity contribution in [1.82, 2.24) is 4.98 Å². The van der Waals surface area contributed by atoms with Crippen molar-refractivity contribution >= 4 is 12.4 Å². The lowest BCUT2D eigenvalue weighted by Crippen LogP contribution is -2.36. The molecule has 3 rings (SSSR count). The summed E-state index contributed by atoms with van der Waals surface area (Å²) in [5, 5.41) is 10.0. The van der Waals surface area contributed by atoms with Crippen LogP contribution in [0.25, 0.3) is 0 Å². The van der Waals surface area contributed by atoms with Crippen LogP contribution in [0.2, 0.25) is 6.32 Å². The predicted octanol–water partition coefficient (Wildman–Crippen LogP) is 1.60. The molecule has 2 heterocycles. The normalized spacial score (nSPS) is 14.6. The van der Waals surface area contributed by atoms with Gasteiger partial charge in [0.1, 0.15) is 6.26 Å². The number of hydrogen-bond acceptors (Lipinski definition) is 3. The van der Waals surface area contributed by atoms with E-state index in [0.717, 1.165) is 43.2 Å². The Labute approximate surface area is 107 Å². The molecule has 0 amide bonds. The molecule has 1 aromatic heterocycles. The lowest BCUT2D eigenvalue weighted by molar-refractivity contribution is 0.556. The van der Waals surface area contributed by atoms with E-state index in [0.29, 0.717) is 0 Å². The van der Waals surface area contributed by atoms with Gasteiger partial charge < -0.3 is 9.44 Å². The molecule has 0 bridgehead atoms. The Kier molecular flexibility index (Phi) is 3.20. The topological polar surface area (TPSA) is 46.3 Å². The van der Waals surface area contributed by atoms with Crippen LogP contribution in [-0.4, -0.2) is 16.9 Å². The minimum absolute atomic E-state index is 0.277. The average molecular weight is 241 g/mol. The molecule has 0 atom stereocenters. The summed E-state index contributed by atoms with van der Waals surface area (Å²) in [7, 11) is 0. The average Bonchev–Trinajstić information content (AvgIpc) is 2.90. The van der Waals surface area contributed by atoms with Gasteiger partial charge >= 0.3 is 6.92 Å². The van der Waals surface area contributed by atoms with Crippen LogP contribution in [0.15, 0.2) is 35.3 Å². The molecular weight excluding hydrogens is 225 g/mol. The molecule has 2 aromatic rings. The van der Waals surface area contributed by atoms with E-state index in [1.54, 1.807) is 6.26 Å². The van der Waals surface area contributed by atoms with Crippen LogP contribution < -0.4 is 5.46 Å². The Morgan fingerprint density at radius 1 is 1.33 bits per heavy atom. The van der Waals surface area contributed by atoms with E-state index in [-0.39, 0.29) is 6.92 Å². The van der Waals surface area contributed by atoms with E-state index in [2.05, 4.69) is 23.2 Å². The molecule has 4 heteroatoms. The number of hydrogen-bond donors (Lipinski definition) is 1. The van der Waals surface area contributed by atoms with Gasteiger partial charge in [-0.15, -0.1) is 0 Å². The summed E-state index contributed by atoms with van der Waals surface area (Å²) in [5.41, 5.74) is 4.67. The summed E-state index contributed by atoms with van der Waals surface area (Å²) >= 11 is 0. The molecule has 0 aliphatic carbocycles. The van der Waals surface area contributed by atoms with Crippen molar-refractivity contribution in [3.05, 3.63) is 47.7 Å². The van der Waals surface area contributed by atoms with Crippen LogP contribution in [0, 0.1) is 0 Å². The Morgan fingerprint density at radius 2 is 2.28 bits per heavy atom.